The zero-order valence-electron chi connectivity index (χ0n) is 13.3. The highest BCUT2D eigenvalue weighted by molar-refractivity contribution is 5.89. The summed E-state index contributed by atoms with van der Waals surface area (Å²) in [6.07, 6.45) is 1.63. The molecule has 1 amide bonds. The fourth-order valence-electron chi connectivity index (χ4n) is 2.82. The standard InChI is InChI=1S/C19H17FN2O3/c20-14-7-5-12(6-8-14)17(10-19(24)25)22-18(23)9-13-11-21-16-4-2-1-3-15(13)16/h1-8,11,17,21H,9-10H2,(H,22,23)(H,24,25). The van der Waals surface area contributed by atoms with E-state index < -0.39 is 17.8 Å². The molecule has 0 spiro atoms. The van der Waals surface area contributed by atoms with Crippen LogP contribution >= 0.6 is 0 Å². The number of carboxylic acid groups (broad SMARTS) is 1. The molecule has 25 heavy (non-hydrogen) atoms. The Labute approximate surface area is 143 Å². The van der Waals surface area contributed by atoms with Gasteiger partial charge in [0, 0.05) is 17.1 Å². The third-order valence-corrected chi connectivity index (χ3v) is 4.01. The third-order valence-electron chi connectivity index (χ3n) is 4.01. The fourth-order valence-corrected chi connectivity index (χ4v) is 2.82. The first kappa shape index (κ1) is 16.7. The molecule has 1 heterocycles. The summed E-state index contributed by atoms with van der Waals surface area (Å²) in [5, 5.41) is 12.8. The zero-order chi connectivity index (χ0) is 17.8. The maximum atomic E-state index is 13.1. The van der Waals surface area contributed by atoms with Gasteiger partial charge in [-0.3, -0.25) is 9.59 Å². The Bertz CT molecular complexity index is 902. The monoisotopic (exact) mass is 340 g/mol. The van der Waals surface area contributed by atoms with Crippen LogP contribution in [0.5, 0.6) is 0 Å². The van der Waals surface area contributed by atoms with Gasteiger partial charge >= 0.3 is 5.97 Å². The van der Waals surface area contributed by atoms with Crippen molar-refractivity contribution in [3.63, 3.8) is 0 Å². The maximum absolute atomic E-state index is 13.1. The molecule has 0 aliphatic carbocycles. The van der Waals surface area contributed by atoms with E-state index >= 15 is 0 Å². The number of aromatic nitrogens is 1. The number of carbonyl (C=O) groups excluding carboxylic acids is 1. The quantitative estimate of drug-likeness (QED) is 0.644. The molecule has 5 nitrogen and oxygen atoms in total. The minimum Gasteiger partial charge on any atom is -0.481 e. The highest BCUT2D eigenvalue weighted by Crippen LogP contribution is 2.20. The van der Waals surface area contributed by atoms with Crippen LogP contribution in [0, 0.1) is 5.82 Å². The lowest BCUT2D eigenvalue weighted by Crippen LogP contribution is -2.31. The first-order valence-electron chi connectivity index (χ1n) is 7.84. The summed E-state index contributed by atoms with van der Waals surface area (Å²) in [4.78, 5) is 26.6. The predicted octanol–water partition coefficient (Wildman–Crippen LogP) is 3.18. The molecule has 1 unspecified atom stereocenters. The highest BCUT2D eigenvalue weighted by Gasteiger charge is 2.19. The summed E-state index contributed by atoms with van der Waals surface area (Å²) >= 11 is 0. The topological polar surface area (TPSA) is 82.2 Å². The van der Waals surface area contributed by atoms with Gasteiger partial charge in [0.15, 0.2) is 0 Å². The van der Waals surface area contributed by atoms with Crippen LogP contribution in [0.3, 0.4) is 0 Å². The van der Waals surface area contributed by atoms with Gasteiger partial charge in [0.2, 0.25) is 5.91 Å². The molecule has 128 valence electrons. The van der Waals surface area contributed by atoms with Gasteiger partial charge in [0.05, 0.1) is 18.9 Å². The van der Waals surface area contributed by atoms with Crippen molar-refractivity contribution in [2.45, 2.75) is 18.9 Å². The minimum atomic E-state index is -1.04. The van der Waals surface area contributed by atoms with E-state index in [4.69, 9.17) is 5.11 Å². The average Bonchev–Trinajstić information content (AvgIpc) is 2.98. The van der Waals surface area contributed by atoms with Gasteiger partial charge in [-0.15, -0.1) is 0 Å². The Kier molecular flexibility index (Phi) is 4.79. The van der Waals surface area contributed by atoms with E-state index in [9.17, 15) is 14.0 Å². The molecule has 2 aromatic carbocycles. The van der Waals surface area contributed by atoms with Crippen molar-refractivity contribution in [3.8, 4) is 0 Å². The Morgan fingerprint density at radius 3 is 2.56 bits per heavy atom. The van der Waals surface area contributed by atoms with Gasteiger partial charge in [-0.05, 0) is 29.3 Å². The fraction of sp³-hybridized carbons (Fsp3) is 0.158. The Morgan fingerprint density at radius 1 is 1.12 bits per heavy atom. The summed E-state index contributed by atoms with van der Waals surface area (Å²) in [5.41, 5.74) is 2.32. The summed E-state index contributed by atoms with van der Waals surface area (Å²) in [5.74, 6) is -1.75. The van der Waals surface area contributed by atoms with Crippen molar-refractivity contribution in [2.24, 2.45) is 0 Å². The largest absolute Gasteiger partial charge is 0.481 e. The summed E-state index contributed by atoms with van der Waals surface area (Å²) < 4.78 is 13.1. The summed E-state index contributed by atoms with van der Waals surface area (Å²) in [6.45, 7) is 0. The Hall–Kier alpha value is -3.15. The number of hydrogen-bond donors (Lipinski definition) is 3. The number of amides is 1. The number of nitrogens with one attached hydrogen (secondary N) is 2. The molecule has 3 aromatic rings. The molecule has 0 aliphatic heterocycles. The van der Waals surface area contributed by atoms with Crippen molar-refractivity contribution < 1.29 is 19.1 Å². The first-order valence-corrected chi connectivity index (χ1v) is 7.84. The smallest absolute Gasteiger partial charge is 0.305 e. The number of benzene rings is 2. The van der Waals surface area contributed by atoms with Gasteiger partial charge < -0.3 is 15.4 Å². The number of aromatic amines is 1. The molecule has 0 bridgehead atoms. The van der Waals surface area contributed by atoms with E-state index in [0.717, 1.165) is 16.5 Å². The van der Waals surface area contributed by atoms with Gasteiger partial charge in [0.1, 0.15) is 5.82 Å². The van der Waals surface area contributed by atoms with Gasteiger partial charge in [-0.25, -0.2) is 4.39 Å². The van der Waals surface area contributed by atoms with E-state index in [1.807, 2.05) is 24.3 Å². The molecule has 0 saturated heterocycles. The molecule has 0 aliphatic rings. The second kappa shape index (κ2) is 7.17. The number of fused-ring (bicyclic) bond motifs is 1. The van der Waals surface area contributed by atoms with E-state index in [2.05, 4.69) is 10.3 Å². The Morgan fingerprint density at radius 2 is 1.84 bits per heavy atom. The van der Waals surface area contributed by atoms with Crippen LogP contribution in [-0.4, -0.2) is 22.0 Å². The lowest BCUT2D eigenvalue weighted by molar-refractivity contribution is -0.137. The number of hydrogen-bond acceptors (Lipinski definition) is 2. The van der Waals surface area contributed by atoms with E-state index in [0.29, 0.717) is 5.56 Å². The lowest BCUT2D eigenvalue weighted by Gasteiger charge is -2.17. The van der Waals surface area contributed by atoms with Crippen molar-refractivity contribution in [2.75, 3.05) is 0 Å². The van der Waals surface area contributed by atoms with Crippen molar-refractivity contribution in [1.29, 1.82) is 0 Å². The van der Waals surface area contributed by atoms with E-state index in [1.54, 1.807) is 6.20 Å². The number of rotatable bonds is 6. The van der Waals surface area contributed by atoms with Crippen LogP contribution < -0.4 is 5.32 Å². The molecule has 0 saturated carbocycles. The number of H-pyrrole nitrogens is 1. The van der Waals surface area contributed by atoms with Crippen LogP contribution in [0.2, 0.25) is 0 Å². The van der Waals surface area contributed by atoms with Crippen molar-refractivity contribution in [1.82, 2.24) is 10.3 Å². The number of halogens is 1. The van der Waals surface area contributed by atoms with Gasteiger partial charge in [-0.1, -0.05) is 30.3 Å². The van der Waals surface area contributed by atoms with Gasteiger partial charge in [-0.2, -0.15) is 0 Å². The van der Waals surface area contributed by atoms with Crippen LogP contribution in [-0.2, 0) is 16.0 Å². The van der Waals surface area contributed by atoms with Gasteiger partial charge in [0.25, 0.3) is 0 Å². The molecule has 1 aromatic heterocycles. The van der Waals surface area contributed by atoms with Crippen LogP contribution in [0.4, 0.5) is 4.39 Å². The molecule has 3 N–H and O–H groups in total. The maximum Gasteiger partial charge on any atom is 0.305 e. The first-order chi connectivity index (χ1) is 12.0. The highest BCUT2D eigenvalue weighted by atomic mass is 19.1. The molecule has 6 heteroatoms. The van der Waals surface area contributed by atoms with Crippen molar-refractivity contribution in [3.05, 3.63) is 71.7 Å². The summed E-state index contributed by atoms with van der Waals surface area (Å²) in [6, 6.07) is 12.4. The molecule has 0 fully saturated rings. The van der Waals surface area contributed by atoms with E-state index in [-0.39, 0.29) is 18.7 Å². The average molecular weight is 340 g/mol. The van der Waals surface area contributed by atoms with Crippen LogP contribution in [0.25, 0.3) is 10.9 Å². The third kappa shape index (κ3) is 4.03. The molecule has 3 rings (SSSR count). The van der Waals surface area contributed by atoms with Crippen molar-refractivity contribution >= 4 is 22.8 Å². The van der Waals surface area contributed by atoms with Crippen LogP contribution in [0.15, 0.2) is 54.7 Å². The Balaban J connectivity index is 1.75. The second-order valence-corrected chi connectivity index (χ2v) is 5.81. The number of para-hydroxylation sites is 1. The van der Waals surface area contributed by atoms with Crippen LogP contribution in [0.1, 0.15) is 23.6 Å². The normalized spacial score (nSPS) is 12.0. The second-order valence-electron chi connectivity index (χ2n) is 5.81. The SMILES string of the molecule is O=C(O)CC(NC(=O)Cc1c[nH]c2ccccc12)c1ccc(F)cc1. The molecule has 0 radical (unpaired) electrons. The number of carbonyl (C=O) groups is 2. The summed E-state index contributed by atoms with van der Waals surface area (Å²) in [7, 11) is 0. The zero-order valence-corrected chi connectivity index (χ0v) is 13.3. The molecule has 1 atom stereocenters. The van der Waals surface area contributed by atoms with E-state index in [1.165, 1.54) is 24.3 Å². The predicted molar refractivity (Wildman–Crippen MR) is 91.5 cm³/mol. The minimum absolute atomic E-state index is 0.126. The number of aliphatic carboxylic acids is 1. The lowest BCUT2D eigenvalue weighted by atomic mass is 10.0. The molecular formula is C19H17FN2O3. The molecular weight excluding hydrogens is 323 g/mol. The number of carboxylic acids is 1.